The third kappa shape index (κ3) is 3.75. The summed E-state index contributed by atoms with van der Waals surface area (Å²) in [6.07, 6.45) is 8.25. The number of aliphatic imine (C=N–C) groups is 1. The molecule has 3 aliphatic heterocycles. The van der Waals surface area contributed by atoms with Gasteiger partial charge in [0.1, 0.15) is 0 Å². The van der Waals surface area contributed by atoms with Crippen molar-refractivity contribution in [2.75, 3.05) is 13.1 Å². The molecule has 0 N–H and O–H groups in total. The Morgan fingerprint density at radius 1 is 0.828 bits per heavy atom. The first-order valence-electron chi connectivity index (χ1n) is 10.7. The maximum absolute atomic E-state index is 5.20. The highest BCUT2D eigenvalue weighted by Gasteiger charge is 2.46. The maximum Gasteiger partial charge on any atom is 0.0693 e. The molecule has 2 aromatic carbocycles. The number of aromatic nitrogens is 1. The number of piperidine rings is 3. The third-order valence-electron chi connectivity index (χ3n) is 6.59. The van der Waals surface area contributed by atoms with E-state index < -0.39 is 0 Å². The van der Waals surface area contributed by atoms with Crippen molar-refractivity contribution in [3.8, 4) is 0 Å². The molecule has 3 aliphatic rings. The fraction of sp³-hybridized carbons (Fsp3) is 0.308. The number of rotatable bonds is 5. The Labute approximate surface area is 173 Å². The van der Waals surface area contributed by atoms with Crippen molar-refractivity contribution in [2.45, 2.75) is 30.8 Å². The molecule has 0 radical (unpaired) electrons. The molecule has 0 amide bonds. The average molecular weight is 382 g/mol. The Morgan fingerprint density at radius 3 is 2.00 bits per heavy atom. The first kappa shape index (κ1) is 18.3. The summed E-state index contributed by atoms with van der Waals surface area (Å²) >= 11 is 0. The van der Waals surface area contributed by atoms with Crippen LogP contribution in [0.1, 0.15) is 35.4 Å². The molecule has 3 heteroatoms. The lowest BCUT2D eigenvalue weighted by atomic mass is 9.71. The van der Waals surface area contributed by atoms with E-state index in [2.05, 4.69) is 76.8 Å². The quantitative estimate of drug-likeness (QED) is 0.594. The normalized spacial score (nSPS) is 26.2. The summed E-state index contributed by atoms with van der Waals surface area (Å²) in [4.78, 5) is 12.0. The highest BCUT2D eigenvalue weighted by atomic mass is 15.2. The Balaban J connectivity index is 1.56. The summed E-state index contributed by atoms with van der Waals surface area (Å²) in [7, 11) is 0. The van der Waals surface area contributed by atoms with Gasteiger partial charge in [-0.1, -0.05) is 60.7 Å². The minimum absolute atomic E-state index is 0.316. The van der Waals surface area contributed by atoms with E-state index in [1.807, 2.05) is 24.5 Å². The van der Waals surface area contributed by atoms with Crippen molar-refractivity contribution in [3.63, 3.8) is 0 Å². The fourth-order valence-electron chi connectivity index (χ4n) is 5.20. The Bertz CT molecular complexity index is 892. The van der Waals surface area contributed by atoms with Crippen molar-refractivity contribution >= 4 is 6.21 Å². The van der Waals surface area contributed by atoms with Crippen molar-refractivity contribution in [1.82, 2.24) is 9.88 Å². The largest absolute Gasteiger partial charge is 0.297 e. The molecule has 4 heterocycles. The van der Waals surface area contributed by atoms with Crippen LogP contribution < -0.4 is 0 Å². The topological polar surface area (TPSA) is 28.5 Å². The standard InChI is InChI=1S/C26H27N3/c1-3-7-21(8-4-1)24(22-9-5-2-6-10-22)26-25(23-13-17-29(26)18-14-23)28-19-20-11-15-27-16-12-20/h1-12,15-16,19,23-26H,13-14,17-18H2/t25-,26+/m1/s1. The van der Waals surface area contributed by atoms with Crippen LogP contribution in [0.25, 0.3) is 0 Å². The lowest BCUT2D eigenvalue weighted by Crippen LogP contribution is -2.59. The van der Waals surface area contributed by atoms with E-state index in [4.69, 9.17) is 4.99 Å². The molecule has 1 aromatic heterocycles. The predicted octanol–water partition coefficient (Wildman–Crippen LogP) is 4.80. The lowest BCUT2D eigenvalue weighted by molar-refractivity contribution is 0.0215. The van der Waals surface area contributed by atoms with E-state index in [-0.39, 0.29) is 0 Å². The van der Waals surface area contributed by atoms with E-state index in [9.17, 15) is 0 Å². The maximum atomic E-state index is 5.20. The smallest absolute Gasteiger partial charge is 0.0693 e. The van der Waals surface area contributed by atoms with E-state index in [0.717, 1.165) is 5.56 Å². The zero-order valence-corrected chi connectivity index (χ0v) is 16.6. The van der Waals surface area contributed by atoms with Gasteiger partial charge in [0.2, 0.25) is 0 Å². The van der Waals surface area contributed by atoms with Crippen LogP contribution in [0.15, 0.2) is 90.2 Å². The summed E-state index contributed by atoms with van der Waals surface area (Å²) in [6, 6.07) is 26.8. The van der Waals surface area contributed by atoms with Crippen LogP contribution >= 0.6 is 0 Å². The summed E-state index contributed by atoms with van der Waals surface area (Å²) in [5.41, 5.74) is 3.91. The van der Waals surface area contributed by atoms with E-state index >= 15 is 0 Å². The Hall–Kier alpha value is -2.78. The number of hydrogen-bond acceptors (Lipinski definition) is 3. The van der Waals surface area contributed by atoms with Gasteiger partial charge in [-0.25, -0.2) is 0 Å². The Kier molecular flexibility index (Phi) is 5.23. The summed E-state index contributed by atoms with van der Waals surface area (Å²) in [5, 5.41) is 0. The molecule has 3 aromatic rings. The number of fused-ring (bicyclic) bond motifs is 3. The van der Waals surface area contributed by atoms with E-state index in [1.165, 1.54) is 37.1 Å². The second-order valence-electron chi connectivity index (χ2n) is 8.21. The Morgan fingerprint density at radius 2 is 1.41 bits per heavy atom. The molecule has 0 saturated carbocycles. The van der Waals surface area contributed by atoms with Crippen molar-refractivity contribution in [1.29, 1.82) is 0 Å². The van der Waals surface area contributed by atoms with Crippen molar-refractivity contribution in [2.24, 2.45) is 10.9 Å². The fourth-order valence-corrected chi connectivity index (χ4v) is 5.20. The first-order valence-corrected chi connectivity index (χ1v) is 10.7. The molecule has 3 saturated heterocycles. The van der Waals surface area contributed by atoms with Crippen LogP contribution in [0.3, 0.4) is 0 Å². The summed E-state index contributed by atoms with van der Waals surface area (Å²) < 4.78 is 0. The molecule has 146 valence electrons. The van der Waals surface area contributed by atoms with Crippen molar-refractivity contribution < 1.29 is 0 Å². The van der Waals surface area contributed by atoms with Gasteiger partial charge in [-0.15, -0.1) is 0 Å². The van der Waals surface area contributed by atoms with Gasteiger partial charge in [-0.3, -0.25) is 14.9 Å². The van der Waals surface area contributed by atoms with Gasteiger partial charge in [-0.05, 0) is 60.7 Å². The molecule has 3 fully saturated rings. The lowest BCUT2D eigenvalue weighted by Gasteiger charge is -2.52. The van der Waals surface area contributed by atoms with Crippen LogP contribution in [0.5, 0.6) is 0 Å². The van der Waals surface area contributed by atoms with Gasteiger partial charge in [0.05, 0.1) is 6.04 Å². The molecule has 3 nitrogen and oxygen atoms in total. The molecule has 0 spiro atoms. The number of hydrogen-bond donors (Lipinski definition) is 0. The van der Waals surface area contributed by atoms with E-state index in [0.29, 0.717) is 23.9 Å². The van der Waals surface area contributed by atoms with Gasteiger partial charge in [-0.2, -0.15) is 0 Å². The number of pyridine rings is 1. The molecule has 0 unspecified atom stereocenters. The van der Waals surface area contributed by atoms with Crippen molar-refractivity contribution in [3.05, 3.63) is 102 Å². The highest BCUT2D eigenvalue weighted by Crippen LogP contribution is 2.43. The minimum atomic E-state index is 0.316. The second kappa shape index (κ2) is 8.30. The summed E-state index contributed by atoms with van der Waals surface area (Å²) in [5.74, 6) is 0.998. The van der Waals surface area contributed by atoms with Gasteiger partial charge >= 0.3 is 0 Å². The zero-order chi connectivity index (χ0) is 19.5. The first-order chi connectivity index (χ1) is 14.4. The molecule has 29 heavy (non-hydrogen) atoms. The number of nitrogens with zero attached hydrogens (tertiary/aromatic N) is 3. The van der Waals surface area contributed by atoms with Crippen LogP contribution in [-0.2, 0) is 0 Å². The van der Waals surface area contributed by atoms with Crippen LogP contribution in [0.4, 0.5) is 0 Å². The predicted molar refractivity (Wildman–Crippen MR) is 118 cm³/mol. The van der Waals surface area contributed by atoms with Gasteiger partial charge in [0.15, 0.2) is 0 Å². The summed E-state index contributed by atoms with van der Waals surface area (Å²) in [6.45, 7) is 2.37. The van der Waals surface area contributed by atoms with Crippen LogP contribution in [-0.4, -0.2) is 41.3 Å². The monoisotopic (exact) mass is 381 g/mol. The molecule has 2 bridgehead atoms. The molecular formula is C26H27N3. The average Bonchev–Trinajstić information content (AvgIpc) is 2.81. The van der Waals surface area contributed by atoms with Gasteiger partial charge < -0.3 is 0 Å². The van der Waals surface area contributed by atoms with Crippen LogP contribution in [0.2, 0.25) is 0 Å². The molecule has 0 aliphatic carbocycles. The minimum Gasteiger partial charge on any atom is -0.297 e. The number of benzene rings is 2. The molecule has 2 atom stereocenters. The molecule has 6 rings (SSSR count). The van der Waals surface area contributed by atoms with E-state index in [1.54, 1.807) is 0 Å². The third-order valence-corrected chi connectivity index (χ3v) is 6.59. The SMILES string of the molecule is C(=N[C@@H]1C2CCN(CC2)[C@H]1C(c1ccccc1)c1ccccc1)c1ccncc1. The zero-order valence-electron chi connectivity index (χ0n) is 16.6. The van der Waals surface area contributed by atoms with Gasteiger partial charge in [0, 0.05) is 30.6 Å². The molecular weight excluding hydrogens is 354 g/mol. The second-order valence-corrected chi connectivity index (χ2v) is 8.21. The highest BCUT2D eigenvalue weighted by molar-refractivity contribution is 5.79. The van der Waals surface area contributed by atoms with Gasteiger partial charge in [0.25, 0.3) is 0 Å². The van der Waals surface area contributed by atoms with Crippen LogP contribution in [0, 0.1) is 5.92 Å².